The monoisotopic (exact) mass is 977 g/mol. The summed E-state index contributed by atoms with van der Waals surface area (Å²) in [6, 6.07) is 0. The second-order valence-electron chi connectivity index (χ2n) is 17.7. The molecule has 1 atom stereocenters. The quantitative estimate of drug-likeness (QED) is 0.0262. The number of carbonyl (C=O) groups is 3. The fourth-order valence-corrected chi connectivity index (χ4v) is 6.89. The van der Waals surface area contributed by atoms with Gasteiger partial charge in [-0.3, -0.25) is 14.4 Å². The zero-order valence-corrected chi connectivity index (χ0v) is 45.2. The van der Waals surface area contributed by atoms with Crippen molar-refractivity contribution in [3.63, 3.8) is 0 Å². The van der Waals surface area contributed by atoms with Crippen LogP contribution in [0.3, 0.4) is 0 Å². The molecule has 0 radical (unpaired) electrons. The Kier molecular flexibility index (Phi) is 53.6. The van der Waals surface area contributed by atoms with Crippen LogP contribution in [0.1, 0.15) is 213 Å². The molecule has 0 aromatic heterocycles. The summed E-state index contributed by atoms with van der Waals surface area (Å²) in [5, 5.41) is 0. The molecule has 0 aromatic rings. The number of unbranched alkanes of at least 4 members (excludes halogenated alkanes) is 11. The van der Waals surface area contributed by atoms with Crippen molar-refractivity contribution in [2.24, 2.45) is 0 Å². The molecule has 0 aliphatic carbocycles. The third kappa shape index (κ3) is 55.8. The molecule has 0 aromatic carbocycles. The zero-order chi connectivity index (χ0) is 51.4. The van der Waals surface area contributed by atoms with Crippen molar-refractivity contribution >= 4 is 17.9 Å². The van der Waals surface area contributed by atoms with Gasteiger partial charge in [-0.05, 0) is 128 Å². The van der Waals surface area contributed by atoms with E-state index in [9.17, 15) is 14.4 Å². The van der Waals surface area contributed by atoms with Gasteiger partial charge in [0.05, 0.1) is 0 Å². The van der Waals surface area contributed by atoms with Gasteiger partial charge < -0.3 is 14.2 Å². The Morgan fingerprint density at radius 1 is 0.296 bits per heavy atom. The van der Waals surface area contributed by atoms with Crippen LogP contribution in [0.2, 0.25) is 0 Å². The van der Waals surface area contributed by atoms with E-state index in [4.69, 9.17) is 14.2 Å². The lowest BCUT2D eigenvalue weighted by Crippen LogP contribution is -2.30. The van der Waals surface area contributed by atoms with Crippen molar-refractivity contribution < 1.29 is 28.6 Å². The highest BCUT2D eigenvalue weighted by molar-refractivity contribution is 5.71. The molecule has 0 aliphatic rings. The largest absolute Gasteiger partial charge is 0.462 e. The lowest BCUT2D eigenvalue weighted by molar-refractivity contribution is -0.166. The van der Waals surface area contributed by atoms with Crippen molar-refractivity contribution in [2.75, 3.05) is 13.2 Å². The number of hydrogen-bond acceptors (Lipinski definition) is 6. The van der Waals surface area contributed by atoms with E-state index in [2.05, 4.69) is 167 Å². The Morgan fingerprint density at radius 2 is 0.592 bits per heavy atom. The molecule has 0 N–H and O–H groups in total. The van der Waals surface area contributed by atoms with Gasteiger partial charge in [-0.2, -0.15) is 0 Å². The smallest absolute Gasteiger partial charge is 0.306 e. The van der Waals surface area contributed by atoms with Crippen molar-refractivity contribution in [1.82, 2.24) is 0 Å². The number of hydrogen-bond donors (Lipinski definition) is 0. The van der Waals surface area contributed by atoms with Crippen molar-refractivity contribution in [3.8, 4) is 0 Å². The minimum Gasteiger partial charge on any atom is -0.462 e. The van der Waals surface area contributed by atoms with Crippen LogP contribution in [-0.2, 0) is 28.6 Å². The molecule has 0 heterocycles. The molecule has 6 nitrogen and oxygen atoms in total. The topological polar surface area (TPSA) is 78.9 Å². The lowest BCUT2D eigenvalue weighted by atomic mass is 10.1. The third-order valence-corrected chi connectivity index (χ3v) is 11.0. The van der Waals surface area contributed by atoms with Crippen LogP contribution in [0.25, 0.3) is 0 Å². The van der Waals surface area contributed by atoms with E-state index in [1.165, 1.54) is 44.9 Å². The summed E-state index contributed by atoms with van der Waals surface area (Å²) in [7, 11) is 0. The van der Waals surface area contributed by atoms with E-state index in [0.29, 0.717) is 12.8 Å². The first-order valence-corrected chi connectivity index (χ1v) is 28.0. The normalized spacial score (nSPS) is 13.3. The summed E-state index contributed by atoms with van der Waals surface area (Å²) in [6.45, 7) is 6.25. The van der Waals surface area contributed by atoms with Crippen LogP contribution < -0.4 is 0 Å². The van der Waals surface area contributed by atoms with E-state index >= 15 is 0 Å². The molecule has 396 valence electrons. The zero-order valence-electron chi connectivity index (χ0n) is 45.2. The molecule has 0 spiro atoms. The summed E-state index contributed by atoms with van der Waals surface area (Å²) in [6.07, 6.45) is 83.9. The fourth-order valence-electron chi connectivity index (χ4n) is 6.89. The number of esters is 3. The summed E-state index contributed by atoms with van der Waals surface area (Å²) in [4.78, 5) is 38.1. The highest BCUT2D eigenvalue weighted by Crippen LogP contribution is 2.12. The van der Waals surface area contributed by atoms with Gasteiger partial charge in [0, 0.05) is 19.3 Å². The molecular weight excluding hydrogens is 877 g/mol. The fraction of sp³-hybridized carbons (Fsp3) is 0.554. The Bertz CT molecular complexity index is 1640. The van der Waals surface area contributed by atoms with Crippen LogP contribution in [0.4, 0.5) is 0 Å². The van der Waals surface area contributed by atoms with Gasteiger partial charge >= 0.3 is 17.9 Å². The predicted octanol–water partition coefficient (Wildman–Crippen LogP) is 19.0. The SMILES string of the molecule is CC/C=C\C/C=C\C/C=C\C/C=C\C/C=C\C/C=C\CCC(=O)OC[C@H](COC(=O)CCC/C=C\C/C=C\C/C=C\C/C=C\C/C=C\CC)OC(=O)CCCCCCCCC/C=C\C/C=C\CCCCC. The minimum atomic E-state index is -0.844. The highest BCUT2D eigenvalue weighted by Gasteiger charge is 2.19. The maximum absolute atomic E-state index is 12.9. The van der Waals surface area contributed by atoms with Gasteiger partial charge in [0.2, 0.25) is 0 Å². The van der Waals surface area contributed by atoms with Gasteiger partial charge in [0.1, 0.15) is 13.2 Å². The van der Waals surface area contributed by atoms with Crippen molar-refractivity contribution in [1.29, 1.82) is 0 Å². The first-order valence-electron chi connectivity index (χ1n) is 28.0. The number of ether oxygens (including phenoxy) is 3. The molecule has 0 amide bonds. The molecule has 0 fully saturated rings. The Hall–Kier alpha value is -4.97. The van der Waals surface area contributed by atoms with Gasteiger partial charge in [-0.15, -0.1) is 0 Å². The maximum Gasteiger partial charge on any atom is 0.306 e. The standard InChI is InChI=1S/C65H100O6/c1-4-7-10-13-16-19-22-25-28-31-32-35-37-40-43-46-49-52-55-58-64(67)70-61-62(71-65(68)59-56-53-50-47-44-41-38-34-30-27-24-21-18-15-12-9-6-3)60-69-63(66)57-54-51-48-45-42-39-36-33-29-26-23-20-17-14-11-8-5-2/h7-8,10-11,16-21,25-30,32,35-36,39-40,43,45,48-49,52,62H,4-6,9,12-15,22-24,31,33-34,37-38,41-42,44,46-47,50-51,53-61H2,1-3H3/b10-7-,11-8-,19-16-,20-17-,21-18-,28-25-,29-26-,30-27-,35-32-,39-36-,43-40-,48-45-,52-49-/t62-/m0/s1. The Morgan fingerprint density at radius 3 is 0.986 bits per heavy atom. The van der Waals surface area contributed by atoms with E-state index < -0.39 is 6.10 Å². The van der Waals surface area contributed by atoms with Gasteiger partial charge in [0.15, 0.2) is 6.10 Å². The summed E-state index contributed by atoms with van der Waals surface area (Å²) in [5.41, 5.74) is 0. The molecule has 0 saturated carbocycles. The summed E-state index contributed by atoms with van der Waals surface area (Å²) >= 11 is 0. The van der Waals surface area contributed by atoms with Crippen LogP contribution in [0.5, 0.6) is 0 Å². The van der Waals surface area contributed by atoms with Crippen LogP contribution in [-0.4, -0.2) is 37.2 Å². The van der Waals surface area contributed by atoms with Gasteiger partial charge in [-0.25, -0.2) is 0 Å². The third-order valence-electron chi connectivity index (χ3n) is 11.0. The average Bonchev–Trinajstić information content (AvgIpc) is 3.37. The molecular formula is C65H100O6. The number of allylic oxidation sites excluding steroid dienone is 26. The molecule has 0 unspecified atom stereocenters. The molecule has 71 heavy (non-hydrogen) atoms. The molecule has 0 aliphatic heterocycles. The molecule has 0 bridgehead atoms. The van der Waals surface area contributed by atoms with E-state index in [-0.39, 0.29) is 50.4 Å². The Labute approximate surface area is 435 Å². The first-order chi connectivity index (χ1) is 35.0. The molecule has 0 saturated heterocycles. The first kappa shape index (κ1) is 66.0. The van der Waals surface area contributed by atoms with Crippen LogP contribution in [0, 0.1) is 0 Å². The minimum absolute atomic E-state index is 0.141. The van der Waals surface area contributed by atoms with Gasteiger partial charge in [-0.1, -0.05) is 224 Å². The average molecular weight is 978 g/mol. The second kappa shape index (κ2) is 57.6. The second-order valence-corrected chi connectivity index (χ2v) is 17.7. The molecule has 0 rings (SSSR count). The number of rotatable bonds is 48. The Balaban J connectivity index is 4.63. The van der Waals surface area contributed by atoms with Crippen LogP contribution >= 0.6 is 0 Å². The summed E-state index contributed by atoms with van der Waals surface area (Å²) in [5.74, 6) is -1.10. The lowest BCUT2D eigenvalue weighted by Gasteiger charge is -2.18. The van der Waals surface area contributed by atoms with Crippen molar-refractivity contribution in [2.45, 2.75) is 219 Å². The summed E-state index contributed by atoms with van der Waals surface area (Å²) < 4.78 is 16.7. The van der Waals surface area contributed by atoms with Gasteiger partial charge in [0.25, 0.3) is 0 Å². The predicted molar refractivity (Wildman–Crippen MR) is 306 cm³/mol. The van der Waals surface area contributed by atoms with E-state index in [1.807, 2.05) is 12.2 Å². The highest BCUT2D eigenvalue weighted by atomic mass is 16.6. The maximum atomic E-state index is 12.9. The van der Waals surface area contributed by atoms with Crippen LogP contribution in [0.15, 0.2) is 158 Å². The number of carbonyl (C=O) groups excluding carboxylic acids is 3. The van der Waals surface area contributed by atoms with Crippen molar-refractivity contribution in [3.05, 3.63) is 158 Å². The van der Waals surface area contributed by atoms with E-state index in [1.54, 1.807) is 0 Å². The molecule has 6 heteroatoms. The van der Waals surface area contributed by atoms with E-state index in [0.717, 1.165) is 116 Å².